The molecule has 0 aromatic heterocycles. The van der Waals surface area contributed by atoms with E-state index in [-0.39, 0.29) is 0 Å². The van der Waals surface area contributed by atoms with Crippen LogP contribution >= 0.6 is 0 Å². The predicted molar refractivity (Wildman–Crippen MR) is 55.3 cm³/mol. The molecule has 0 heterocycles. The molecule has 0 aliphatic rings. The number of benzene rings is 1. The Morgan fingerprint density at radius 1 is 1.23 bits per heavy atom. The average molecular weight is 179 g/mol. The van der Waals surface area contributed by atoms with Gasteiger partial charge in [0.25, 0.3) is 0 Å². The van der Waals surface area contributed by atoms with Gasteiger partial charge in [0.1, 0.15) is 0 Å². The van der Waals surface area contributed by atoms with Crippen LogP contribution in [-0.4, -0.2) is 31.3 Å². The van der Waals surface area contributed by atoms with Crippen molar-refractivity contribution in [1.82, 2.24) is 0 Å². The molecule has 70 valence electrons. The van der Waals surface area contributed by atoms with E-state index in [1.807, 2.05) is 38.1 Å². The lowest BCUT2D eigenvalue weighted by molar-refractivity contribution is 0.425. The highest BCUT2D eigenvalue weighted by Gasteiger charge is 2.15. The molecule has 1 aromatic carbocycles. The van der Waals surface area contributed by atoms with Crippen molar-refractivity contribution in [3.63, 3.8) is 0 Å². The Labute approximate surface area is 78.8 Å². The summed E-state index contributed by atoms with van der Waals surface area (Å²) in [5.74, 6) is 0. The Hall–Kier alpha value is -0.995. The summed E-state index contributed by atoms with van der Waals surface area (Å²) in [5, 5.41) is 18.1. The molecule has 0 unspecified atom stereocenters. The van der Waals surface area contributed by atoms with Gasteiger partial charge in [-0.1, -0.05) is 12.1 Å². The van der Waals surface area contributed by atoms with Gasteiger partial charge in [0.2, 0.25) is 0 Å². The lowest BCUT2D eigenvalue weighted by Gasteiger charge is -2.17. The summed E-state index contributed by atoms with van der Waals surface area (Å²) in [6, 6.07) is 5.48. The molecule has 3 nitrogen and oxygen atoms in total. The Kier molecular flexibility index (Phi) is 2.96. The van der Waals surface area contributed by atoms with Crippen molar-refractivity contribution in [2.75, 3.05) is 19.0 Å². The molecule has 0 bridgehead atoms. The van der Waals surface area contributed by atoms with Gasteiger partial charge in [0.05, 0.1) is 0 Å². The monoisotopic (exact) mass is 179 g/mol. The van der Waals surface area contributed by atoms with Gasteiger partial charge in [0.15, 0.2) is 0 Å². The largest absolute Gasteiger partial charge is 0.488 e. The van der Waals surface area contributed by atoms with Crippen LogP contribution in [0.5, 0.6) is 0 Å². The molecule has 0 fully saturated rings. The molecule has 0 spiro atoms. The SMILES string of the molecule is Cc1c(B(O)O)cccc1N(C)C. The highest BCUT2D eigenvalue weighted by atomic mass is 16.4. The minimum atomic E-state index is -1.39. The van der Waals surface area contributed by atoms with Crippen molar-refractivity contribution >= 4 is 18.3 Å². The topological polar surface area (TPSA) is 43.7 Å². The fraction of sp³-hybridized carbons (Fsp3) is 0.333. The Balaban J connectivity index is 3.18. The number of nitrogens with zero attached hydrogens (tertiary/aromatic N) is 1. The molecular formula is C9H14BNO2. The third-order valence-corrected chi connectivity index (χ3v) is 2.11. The van der Waals surface area contributed by atoms with Gasteiger partial charge in [-0.05, 0) is 24.0 Å². The zero-order chi connectivity index (χ0) is 10.0. The van der Waals surface area contributed by atoms with Crippen LogP contribution in [0.4, 0.5) is 5.69 Å². The van der Waals surface area contributed by atoms with Gasteiger partial charge in [-0.3, -0.25) is 0 Å². The van der Waals surface area contributed by atoms with Crippen LogP contribution < -0.4 is 10.4 Å². The van der Waals surface area contributed by atoms with Gasteiger partial charge >= 0.3 is 7.12 Å². The van der Waals surface area contributed by atoms with Crippen LogP contribution in [0.25, 0.3) is 0 Å². The average Bonchev–Trinajstić information content (AvgIpc) is 2.03. The van der Waals surface area contributed by atoms with E-state index in [4.69, 9.17) is 10.0 Å². The van der Waals surface area contributed by atoms with Gasteiger partial charge in [-0.2, -0.15) is 0 Å². The lowest BCUT2D eigenvalue weighted by Crippen LogP contribution is -2.33. The molecule has 0 radical (unpaired) electrons. The van der Waals surface area contributed by atoms with E-state index in [2.05, 4.69) is 0 Å². The Bertz CT molecular complexity index is 273. The Morgan fingerprint density at radius 2 is 1.85 bits per heavy atom. The first-order valence-electron chi connectivity index (χ1n) is 4.17. The van der Waals surface area contributed by atoms with E-state index in [0.29, 0.717) is 5.46 Å². The summed E-state index contributed by atoms with van der Waals surface area (Å²) in [7, 11) is 2.46. The van der Waals surface area contributed by atoms with Crippen molar-refractivity contribution in [3.05, 3.63) is 23.8 Å². The highest BCUT2D eigenvalue weighted by molar-refractivity contribution is 6.59. The molecule has 0 atom stereocenters. The van der Waals surface area contributed by atoms with Crippen LogP contribution in [0, 0.1) is 6.92 Å². The lowest BCUT2D eigenvalue weighted by atomic mass is 9.77. The third-order valence-electron chi connectivity index (χ3n) is 2.11. The minimum Gasteiger partial charge on any atom is -0.423 e. The highest BCUT2D eigenvalue weighted by Crippen LogP contribution is 2.14. The van der Waals surface area contributed by atoms with Crippen molar-refractivity contribution in [2.24, 2.45) is 0 Å². The standard InChI is InChI=1S/C9H14BNO2/c1-7-8(10(12)13)5-4-6-9(7)11(2)3/h4-6,12-13H,1-3H3. The van der Waals surface area contributed by atoms with Gasteiger partial charge in [-0.25, -0.2) is 0 Å². The maximum atomic E-state index is 9.05. The molecule has 0 saturated heterocycles. The first kappa shape index (κ1) is 10.1. The second-order valence-electron chi connectivity index (χ2n) is 3.26. The second-order valence-corrected chi connectivity index (χ2v) is 3.26. The van der Waals surface area contributed by atoms with Crippen molar-refractivity contribution in [2.45, 2.75) is 6.92 Å². The van der Waals surface area contributed by atoms with Crippen LogP contribution in [0.2, 0.25) is 0 Å². The summed E-state index contributed by atoms with van der Waals surface area (Å²) in [6.07, 6.45) is 0. The quantitative estimate of drug-likeness (QED) is 0.614. The summed E-state index contributed by atoms with van der Waals surface area (Å²) >= 11 is 0. The summed E-state index contributed by atoms with van der Waals surface area (Å²) in [4.78, 5) is 1.95. The number of hydrogen-bond acceptors (Lipinski definition) is 3. The van der Waals surface area contributed by atoms with Crippen molar-refractivity contribution in [3.8, 4) is 0 Å². The third kappa shape index (κ3) is 2.02. The number of hydrogen-bond donors (Lipinski definition) is 2. The zero-order valence-corrected chi connectivity index (χ0v) is 8.15. The van der Waals surface area contributed by atoms with Crippen LogP contribution in [0.3, 0.4) is 0 Å². The zero-order valence-electron chi connectivity index (χ0n) is 8.15. The molecular weight excluding hydrogens is 165 g/mol. The maximum absolute atomic E-state index is 9.05. The molecule has 13 heavy (non-hydrogen) atoms. The summed E-state index contributed by atoms with van der Waals surface area (Å²) in [5.41, 5.74) is 2.47. The van der Waals surface area contributed by atoms with Crippen molar-refractivity contribution < 1.29 is 10.0 Å². The molecule has 0 aliphatic heterocycles. The first-order chi connectivity index (χ1) is 6.04. The van der Waals surface area contributed by atoms with Crippen LogP contribution in [-0.2, 0) is 0 Å². The normalized spacial score (nSPS) is 9.92. The smallest absolute Gasteiger partial charge is 0.423 e. The molecule has 2 N–H and O–H groups in total. The molecule has 4 heteroatoms. The predicted octanol–water partition coefficient (Wildman–Crippen LogP) is -0.259. The molecule has 0 aliphatic carbocycles. The number of anilines is 1. The molecule has 1 rings (SSSR count). The molecule has 0 saturated carbocycles. The van der Waals surface area contributed by atoms with E-state index in [1.165, 1.54) is 0 Å². The maximum Gasteiger partial charge on any atom is 0.488 e. The fourth-order valence-electron chi connectivity index (χ4n) is 1.41. The van der Waals surface area contributed by atoms with E-state index >= 15 is 0 Å². The van der Waals surface area contributed by atoms with Crippen LogP contribution in [0.1, 0.15) is 5.56 Å². The van der Waals surface area contributed by atoms with Gasteiger partial charge in [-0.15, -0.1) is 0 Å². The molecule has 0 amide bonds. The molecule has 1 aromatic rings. The minimum absolute atomic E-state index is 0.561. The fourth-order valence-corrected chi connectivity index (χ4v) is 1.41. The summed E-state index contributed by atoms with van der Waals surface area (Å²) in [6.45, 7) is 1.88. The van der Waals surface area contributed by atoms with E-state index in [1.54, 1.807) is 6.07 Å². The van der Waals surface area contributed by atoms with Gasteiger partial charge < -0.3 is 14.9 Å². The Morgan fingerprint density at radius 3 is 2.31 bits per heavy atom. The van der Waals surface area contributed by atoms with E-state index < -0.39 is 7.12 Å². The summed E-state index contributed by atoms with van der Waals surface area (Å²) < 4.78 is 0. The second kappa shape index (κ2) is 3.81. The van der Waals surface area contributed by atoms with E-state index in [9.17, 15) is 0 Å². The van der Waals surface area contributed by atoms with E-state index in [0.717, 1.165) is 11.3 Å². The van der Waals surface area contributed by atoms with Crippen molar-refractivity contribution in [1.29, 1.82) is 0 Å². The van der Waals surface area contributed by atoms with Crippen LogP contribution in [0.15, 0.2) is 18.2 Å². The van der Waals surface area contributed by atoms with Gasteiger partial charge in [0, 0.05) is 19.8 Å². The number of rotatable bonds is 2. The first-order valence-corrected chi connectivity index (χ1v) is 4.17.